The lowest BCUT2D eigenvalue weighted by atomic mass is 9.93. The van der Waals surface area contributed by atoms with Gasteiger partial charge < -0.3 is 4.74 Å². The van der Waals surface area contributed by atoms with Gasteiger partial charge in [0.1, 0.15) is 5.75 Å². The molecule has 1 unspecified atom stereocenters. The Hall–Kier alpha value is -2.42. The van der Waals surface area contributed by atoms with Gasteiger partial charge in [0.25, 0.3) is 0 Å². The highest BCUT2D eigenvalue weighted by Crippen LogP contribution is 2.24. The van der Waals surface area contributed by atoms with Crippen molar-refractivity contribution in [2.24, 2.45) is 5.92 Å². The lowest BCUT2D eigenvalue weighted by Gasteiger charge is -2.11. The van der Waals surface area contributed by atoms with E-state index >= 15 is 0 Å². The highest BCUT2D eigenvalue weighted by atomic mass is 16.5. The lowest BCUT2D eigenvalue weighted by Crippen LogP contribution is -2.11. The summed E-state index contributed by atoms with van der Waals surface area (Å²) in [5, 5.41) is 0. The summed E-state index contributed by atoms with van der Waals surface area (Å²) in [5.74, 6) is 0.715. The van der Waals surface area contributed by atoms with Crippen LogP contribution < -0.4 is 4.74 Å². The van der Waals surface area contributed by atoms with Gasteiger partial charge in [-0.2, -0.15) is 0 Å². The van der Waals surface area contributed by atoms with Crippen molar-refractivity contribution in [1.29, 1.82) is 0 Å². The van der Waals surface area contributed by atoms with E-state index in [9.17, 15) is 9.59 Å². The number of unbranched alkanes of at least 4 members (excludes halogenated alkanes) is 8. The van der Waals surface area contributed by atoms with Gasteiger partial charge in [0.15, 0.2) is 5.78 Å². The van der Waals surface area contributed by atoms with Crippen molar-refractivity contribution in [3.05, 3.63) is 54.1 Å². The molecule has 0 saturated carbocycles. The summed E-state index contributed by atoms with van der Waals surface area (Å²) in [4.78, 5) is 24.8. The molecule has 0 aliphatic heterocycles. The quantitative estimate of drug-likeness (QED) is 0.111. The van der Waals surface area contributed by atoms with Crippen LogP contribution in [0.25, 0.3) is 11.1 Å². The van der Waals surface area contributed by atoms with Crippen LogP contribution in [-0.4, -0.2) is 11.8 Å². The summed E-state index contributed by atoms with van der Waals surface area (Å²) in [6, 6.07) is 15.4. The van der Waals surface area contributed by atoms with Gasteiger partial charge >= 0.3 is 5.97 Å². The Balaban J connectivity index is 1.81. The summed E-state index contributed by atoms with van der Waals surface area (Å²) in [6.45, 7) is 6.44. The van der Waals surface area contributed by atoms with Crippen LogP contribution in [0.15, 0.2) is 48.5 Å². The molecular formula is C30H42O3. The molecule has 2 aromatic carbocycles. The van der Waals surface area contributed by atoms with Gasteiger partial charge in [0.2, 0.25) is 0 Å². The smallest absolute Gasteiger partial charge is 0.311 e. The summed E-state index contributed by atoms with van der Waals surface area (Å²) < 4.78 is 5.47. The maximum absolute atomic E-state index is 12.7. The largest absolute Gasteiger partial charge is 0.427 e. The van der Waals surface area contributed by atoms with E-state index in [2.05, 4.69) is 13.8 Å². The van der Waals surface area contributed by atoms with E-state index in [1.807, 2.05) is 55.5 Å². The van der Waals surface area contributed by atoms with Crippen LogP contribution in [0, 0.1) is 5.92 Å². The summed E-state index contributed by atoms with van der Waals surface area (Å²) >= 11 is 0. The highest BCUT2D eigenvalue weighted by molar-refractivity contribution is 5.98. The highest BCUT2D eigenvalue weighted by Gasteiger charge is 2.15. The molecule has 0 fully saturated rings. The molecule has 0 N–H and O–H groups in total. The van der Waals surface area contributed by atoms with Crippen molar-refractivity contribution >= 4 is 11.8 Å². The third kappa shape index (κ3) is 9.94. The van der Waals surface area contributed by atoms with Gasteiger partial charge in [-0.3, -0.25) is 9.59 Å². The van der Waals surface area contributed by atoms with Crippen LogP contribution in [-0.2, 0) is 4.79 Å². The first-order valence-electron chi connectivity index (χ1n) is 13.0. The minimum atomic E-state index is -0.162. The number of carbonyl (C=O) groups is 2. The average Bonchev–Trinajstić information content (AvgIpc) is 2.84. The second-order valence-corrected chi connectivity index (χ2v) is 9.21. The molecule has 0 aliphatic rings. The molecule has 0 amide bonds. The van der Waals surface area contributed by atoms with Crippen LogP contribution in [0.2, 0.25) is 0 Å². The van der Waals surface area contributed by atoms with Crippen molar-refractivity contribution in [3.8, 4) is 16.9 Å². The molecule has 0 radical (unpaired) electrons. The van der Waals surface area contributed by atoms with E-state index in [4.69, 9.17) is 4.74 Å². The van der Waals surface area contributed by atoms with Gasteiger partial charge in [-0.15, -0.1) is 0 Å². The predicted octanol–water partition coefficient (Wildman–Crippen LogP) is 8.80. The summed E-state index contributed by atoms with van der Waals surface area (Å²) in [7, 11) is 0. The van der Waals surface area contributed by atoms with E-state index in [1.54, 1.807) is 0 Å². The van der Waals surface area contributed by atoms with Crippen molar-refractivity contribution in [3.63, 3.8) is 0 Å². The monoisotopic (exact) mass is 450 g/mol. The molecule has 0 bridgehead atoms. The van der Waals surface area contributed by atoms with Crippen LogP contribution in [0.3, 0.4) is 0 Å². The molecule has 3 heteroatoms. The maximum atomic E-state index is 12.7. The fourth-order valence-corrected chi connectivity index (χ4v) is 4.07. The molecule has 0 saturated heterocycles. The third-order valence-electron chi connectivity index (χ3n) is 6.26. The Morgan fingerprint density at radius 2 is 1.21 bits per heavy atom. The van der Waals surface area contributed by atoms with E-state index < -0.39 is 0 Å². The molecule has 1 atom stereocenters. The average molecular weight is 451 g/mol. The molecule has 0 aliphatic carbocycles. The van der Waals surface area contributed by atoms with Crippen LogP contribution in [0.1, 0.15) is 108 Å². The van der Waals surface area contributed by atoms with E-state index in [0.29, 0.717) is 12.2 Å². The van der Waals surface area contributed by atoms with Crippen LogP contribution in [0.4, 0.5) is 0 Å². The summed E-state index contributed by atoms with van der Waals surface area (Å²) in [6.07, 6.45) is 13.1. The molecule has 180 valence electrons. The van der Waals surface area contributed by atoms with Gasteiger partial charge in [-0.1, -0.05) is 115 Å². The number of ether oxygens (including phenoxy) is 1. The van der Waals surface area contributed by atoms with Gasteiger partial charge in [-0.05, 0) is 36.1 Å². The fourth-order valence-electron chi connectivity index (χ4n) is 4.07. The van der Waals surface area contributed by atoms with Gasteiger partial charge in [0.05, 0.1) is 0 Å². The second-order valence-electron chi connectivity index (χ2n) is 9.21. The zero-order valence-electron chi connectivity index (χ0n) is 20.9. The molecule has 0 heterocycles. The van der Waals surface area contributed by atoms with E-state index in [0.717, 1.165) is 42.4 Å². The third-order valence-corrected chi connectivity index (χ3v) is 6.26. The van der Waals surface area contributed by atoms with Crippen molar-refractivity contribution in [2.75, 3.05) is 0 Å². The number of Topliss-reactive ketones (excluding diaryl/α,β-unsaturated/α-hetero) is 1. The normalized spacial score (nSPS) is 11.8. The molecular weight excluding hydrogens is 408 g/mol. The zero-order chi connectivity index (χ0) is 23.9. The zero-order valence-corrected chi connectivity index (χ0v) is 20.9. The Morgan fingerprint density at radius 1 is 0.697 bits per heavy atom. The Labute approximate surface area is 200 Å². The topological polar surface area (TPSA) is 43.4 Å². The predicted molar refractivity (Wildman–Crippen MR) is 138 cm³/mol. The SMILES string of the molecule is CCCCCCCCC(=O)Oc1ccc(-c2ccc(C(=O)C(C)CCCCCC)cc2)cc1. The second kappa shape index (κ2) is 15.4. The number of rotatable bonds is 16. The number of hydrogen-bond acceptors (Lipinski definition) is 3. The number of hydrogen-bond donors (Lipinski definition) is 0. The summed E-state index contributed by atoms with van der Waals surface area (Å²) in [5.41, 5.74) is 2.87. The van der Waals surface area contributed by atoms with Gasteiger partial charge in [0, 0.05) is 17.9 Å². The maximum Gasteiger partial charge on any atom is 0.311 e. The number of ketones is 1. The Kier molecular flexibility index (Phi) is 12.5. The first kappa shape index (κ1) is 26.8. The molecule has 0 spiro atoms. The fraction of sp³-hybridized carbons (Fsp3) is 0.533. The van der Waals surface area contributed by atoms with Crippen molar-refractivity contribution < 1.29 is 14.3 Å². The molecule has 33 heavy (non-hydrogen) atoms. The Morgan fingerprint density at radius 3 is 1.82 bits per heavy atom. The van der Waals surface area contributed by atoms with Crippen LogP contribution in [0.5, 0.6) is 5.75 Å². The van der Waals surface area contributed by atoms with Gasteiger partial charge in [-0.25, -0.2) is 0 Å². The molecule has 0 aromatic heterocycles. The molecule has 2 rings (SSSR count). The number of benzene rings is 2. The molecule has 2 aromatic rings. The van der Waals surface area contributed by atoms with Crippen molar-refractivity contribution in [2.45, 2.75) is 97.8 Å². The Bertz CT molecular complexity index is 821. The lowest BCUT2D eigenvalue weighted by molar-refractivity contribution is -0.134. The van der Waals surface area contributed by atoms with E-state index in [1.165, 1.54) is 44.9 Å². The van der Waals surface area contributed by atoms with Crippen molar-refractivity contribution in [1.82, 2.24) is 0 Å². The standard InChI is InChI=1S/C30H42O3/c1-4-6-8-10-11-13-15-29(31)33-28-22-20-26(21-23-28)25-16-18-27(19-17-25)30(32)24(3)14-12-9-7-5-2/h16-24H,4-15H2,1-3H3. The molecule has 3 nitrogen and oxygen atoms in total. The number of esters is 1. The first-order chi connectivity index (χ1) is 16.0. The van der Waals surface area contributed by atoms with E-state index in [-0.39, 0.29) is 17.7 Å². The minimum Gasteiger partial charge on any atom is -0.427 e. The minimum absolute atomic E-state index is 0.0676. The van der Waals surface area contributed by atoms with Crippen LogP contribution >= 0.6 is 0 Å². The first-order valence-corrected chi connectivity index (χ1v) is 13.0. The number of carbonyl (C=O) groups excluding carboxylic acids is 2.